The number of fused-ring (bicyclic) bond motifs is 1. The van der Waals surface area contributed by atoms with E-state index in [2.05, 4.69) is 27.4 Å². The number of carbonyl (C=O) groups excluding carboxylic acids is 2. The summed E-state index contributed by atoms with van der Waals surface area (Å²) >= 11 is 0. The van der Waals surface area contributed by atoms with Crippen LogP contribution in [0.3, 0.4) is 0 Å². The van der Waals surface area contributed by atoms with E-state index in [0.717, 1.165) is 34.0 Å². The number of nitrogens with two attached hydrogens (primary N) is 1. The van der Waals surface area contributed by atoms with Gasteiger partial charge in [-0.3, -0.25) is 10.1 Å². The van der Waals surface area contributed by atoms with Gasteiger partial charge in [0.15, 0.2) is 0 Å². The maximum absolute atomic E-state index is 12.4. The third-order valence-corrected chi connectivity index (χ3v) is 5.99. The van der Waals surface area contributed by atoms with E-state index in [1.807, 2.05) is 69.9 Å². The van der Waals surface area contributed by atoms with Gasteiger partial charge in [-0.05, 0) is 73.7 Å². The smallest absolute Gasteiger partial charge is 0.412 e. The minimum Gasteiger partial charge on any atom is -0.444 e. The summed E-state index contributed by atoms with van der Waals surface area (Å²) in [5.41, 5.74) is 11.1. The molecular weight excluding hydrogens is 454 g/mol. The summed E-state index contributed by atoms with van der Waals surface area (Å²) < 4.78 is 5.33. The van der Waals surface area contributed by atoms with E-state index in [9.17, 15) is 9.59 Å². The van der Waals surface area contributed by atoms with Crippen LogP contribution in [0.5, 0.6) is 0 Å². The molecule has 2 heterocycles. The summed E-state index contributed by atoms with van der Waals surface area (Å²) in [4.78, 5) is 35.1. The second-order valence-electron chi connectivity index (χ2n) is 10.3. The number of carbonyl (C=O) groups is 2. The molecule has 8 heteroatoms. The predicted molar refractivity (Wildman–Crippen MR) is 143 cm³/mol. The largest absolute Gasteiger partial charge is 0.444 e. The van der Waals surface area contributed by atoms with Gasteiger partial charge in [-0.2, -0.15) is 0 Å². The van der Waals surface area contributed by atoms with Crippen LogP contribution in [0.1, 0.15) is 46.6 Å². The topological polar surface area (TPSA) is 110 Å². The number of rotatable bonds is 4. The maximum atomic E-state index is 12.4. The van der Waals surface area contributed by atoms with Gasteiger partial charge in [0.2, 0.25) is 5.91 Å². The second-order valence-corrected chi connectivity index (χ2v) is 10.3. The molecule has 0 aliphatic carbocycles. The van der Waals surface area contributed by atoms with Gasteiger partial charge in [0, 0.05) is 24.7 Å². The standard InChI is InChI=1S/C28H33N5O3/c1-17(2)26(34)33-12-10-18(11-13-33)20-14-22(24-23(15-20)30-16-31-25(24)29)19-6-8-21(9-7-19)32-27(35)36-28(3,4)5/h6-10,14-17H,11-13H2,1-5H3,(H,32,35)(H2,29,30,31). The molecule has 4 rings (SSSR count). The minimum atomic E-state index is -0.576. The zero-order valence-electron chi connectivity index (χ0n) is 21.5. The SMILES string of the molecule is CC(C)C(=O)N1CC=C(c2cc(-c3ccc(NC(=O)OC(C)(C)C)cc3)c3c(N)ncnc3c2)CC1. The first kappa shape index (κ1) is 25.2. The Kier molecular flexibility index (Phi) is 6.97. The lowest BCUT2D eigenvalue weighted by atomic mass is 9.92. The summed E-state index contributed by atoms with van der Waals surface area (Å²) in [5, 5.41) is 3.54. The highest BCUT2D eigenvalue weighted by atomic mass is 16.6. The molecule has 2 aromatic carbocycles. The first-order valence-electron chi connectivity index (χ1n) is 12.1. The van der Waals surface area contributed by atoms with E-state index in [-0.39, 0.29) is 11.8 Å². The minimum absolute atomic E-state index is 0.0142. The Hall–Kier alpha value is -3.94. The Morgan fingerprint density at radius 1 is 1.08 bits per heavy atom. The van der Waals surface area contributed by atoms with E-state index in [0.29, 0.717) is 24.6 Å². The third kappa shape index (κ3) is 5.64. The number of benzene rings is 2. The molecule has 3 aromatic rings. The van der Waals surface area contributed by atoms with Crippen molar-refractivity contribution in [1.29, 1.82) is 0 Å². The number of aromatic nitrogens is 2. The first-order valence-corrected chi connectivity index (χ1v) is 12.1. The van der Waals surface area contributed by atoms with Crippen molar-refractivity contribution in [2.24, 2.45) is 5.92 Å². The van der Waals surface area contributed by atoms with Crippen LogP contribution in [0.15, 0.2) is 48.8 Å². The molecule has 1 aliphatic heterocycles. The zero-order chi connectivity index (χ0) is 26.0. The average Bonchev–Trinajstić information content (AvgIpc) is 2.82. The van der Waals surface area contributed by atoms with Crippen molar-refractivity contribution in [2.75, 3.05) is 24.1 Å². The number of nitrogens with zero attached hydrogens (tertiary/aromatic N) is 3. The number of nitrogens with one attached hydrogen (secondary N) is 1. The van der Waals surface area contributed by atoms with Gasteiger partial charge in [0.05, 0.1) is 10.9 Å². The van der Waals surface area contributed by atoms with Gasteiger partial charge in [0.1, 0.15) is 17.7 Å². The summed E-state index contributed by atoms with van der Waals surface area (Å²) in [7, 11) is 0. The van der Waals surface area contributed by atoms with Crippen LogP contribution in [0.2, 0.25) is 0 Å². The van der Waals surface area contributed by atoms with E-state index in [1.54, 1.807) is 0 Å². The van der Waals surface area contributed by atoms with Crippen LogP contribution >= 0.6 is 0 Å². The van der Waals surface area contributed by atoms with Crippen LogP contribution in [0.25, 0.3) is 27.6 Å². The molecule has 0 saturated carbocycles. The molecule has 8 nitrogen and oxygen atoms in total. The number of hydrogen-bond donors (Lipinski definition) is 2. The van der Waals surface area contributed by atoms with Crippen molar-refractivity contribution >= 4 is 40.0 Å². The van der Waals surface area contributed by atoms with E-state index < -0.39 is 11.7 Å². The average molecular weight is 488 g/mol. The fourth-order valence-corrected chi connectivity index (χ4v) is 4.28. The molecule has 0 bridgehead atoms. The van der Waals surface area contributed by atoms with Crippen LogP contribution < -0.4 is 11.1 Å². The summed E-state index contributed by atoms with van der Waals surface area (Å²) in [6, 6.07) is 11.6. The predicted octanol–water partition coefficient (Wildman–Crippen LogP) is 5.50. The van der Waals surface area contributed by atoms with Gasteiger partial charge in [-0.15, -0.1) is 0 Å². The van der Waals surface area contributed by atoms with Crippen LogP contribution in [0.4, 0.5) is 16.3 Å². The van der Waals surface area contributed by atoms with Crippen molar-refractivity contribution in [3.63, 3.8) is 0 Å². The van der Waals surface area contributed by atoms with Crippen LogP contribution in [-0.4, -0.2) is 45.6 Å². The molecular formula is C28H33N5O3. The fourth-order valence-electron chi connectivity index (χ4n) is 4.28. The highest BCUT2D eigenvalue weighted by Gasteiger charge is 2.21. The Balaban J connectivity index is 1.67. The molecule has 1 aromatic heterocycles. The van der Waals surface area contributed by atoms with Crippen molar-refractivity contribution in [2.45, 2.75) is 46.6 Å². The molecule has 0 saturated heterocycles. The van der Waals surface area contributed by atoms with Crippen molar-refractivity contribution in [3.8, 4) is 11.1 Å². The summed E-state index contributed by atoms with van der Waals surface area (Å²) in [6.07, 6.45) is 3.85. The maximum Gasteiger partial charge on any atom is 0.412 e. The quantitative estimate of drug-likeness (QED) is 0.503. The van der Waals surface area contributed by atoms with Gasteiger partial charge in [-0.1, -0.05) is 32.1 Å². The Labute approximate surface area is 211 Å². The molecule has 188 valence electrons. The molecule has 0 unspecified atom stereocenters. The molecule has 0 fully saturated rings. The summed E-state index contributed by atoms with van der Waals surface area (Å²) in [6.45, 7) is 10.6. The molecule has 1 aliphatic rings. The Bertz CT molecular complexity index is 1320. The Morgan fingerprint density at radius 3 is 2.42 bits per heavy atom. The molecule has 0 spiro atoms. The molecule has 2 amide bonds. The van der Waals surface area contributed by atoms with Crippen molar-refractivity contribution < 1.29 is 14.3 Å². The number of anilines is 2. The van der Waals surface area contributed by atoms with Gasteiger partial charge < -0.3 is 15.4 Å². The molecule has 3 N–H and O–H groups in total. The molecule has 36 heavy (non-hydrogen) atoms. The molecule has 0 atom stereocenters. The van der Waals surface area contributed by atoms with Crippen molar-refractivity contribution in [1.82, 2.24) is 14.9 Å². The number of ether oxygens (including phenoxy) is 1. The van der Waals surface area contributed by atoms with Crippen LogP contribution in [-0.2, 0) is 9.53 Å². The first-order chi connectivity index (χ1) is 17.0. The van der Waals surface area contributed by atoms with Crippen LogP contribution in [0, 0.1) is 5.92 Å². The monoisotopic (exact) mass is 487 g/mol. The number of amides is 2. The van der Waals surface area contributed by atoms with E-state index in [1.165, 1.54) is 11.9 Å². The summed E-state index contributed by atoms with van der Waals surface area (Å²) in [5.74, 6) is 0.564. The number of hydrogen-bond acceptors (Lipinski definition) is 6. The fraction of sp³-hybridized carbons (Fsp3) is 0.357. The van der Waals surface area contributed by atoms with E-state index >= 15 is 0 Å². The highest BCUT2D eigenvalue weighted by molar-refractivity contribution is 6.03. The lowest BCUT2D eigenvalue weighted by Gasteiger charge is -2.28. The lowest BCUT2D eigenvalue weighted by Crippen LogP contribution is -2.37. The Morgan fingerprint density at radius 2 is 1.81 bits per heavy atom. The number of nitrogen functional groups attached to an aromatic ring is 1. The normalized spacial score (nSPS) is 14.1. The van der Waals surface area contributed by atoms with Gasteiger partial charge in [0.25, 0.3) is 0 Å². The van der Waals surface area contributed by atoms with Gasteiger partial charge in [-0.25, -0.2) is 14.8 Å². The van der Waals surface area contributed by atoms with Crippen molar-refractivity contribution in [3.05, 3.63) is 54.4 Å². The second kappa shape index (κ2) is 9.97. The highest BCUT2D eigenvalue weighted by Crippen LogP contribution is 2.36. The lowest BCUT2D eigenvalue weighted by molar-refractivity contribution is -0.134. The third-order valence-electron chi connectivity index (χ3n) is 5.99. The van der Waals surface area contributed by atoms with E-state index in [4.69, 9.17) is 10.5 Å². The zero-order valence-corrected chi connectivity index (χ0v) is 21.5. The van der Waals surface area contributed by atoms with Gasteiger partial charge >= 0.3 is 6.09 Å². The molecule has 0 radical (unpaired) electrons.